The van der Waals surface area contributed by atoms with E-state index in [1.54, 1.807) is 24.5 Å². The van der Waals surface area contributed by atoms with Crippen molar-refractivity contribution in [3.05, 3.63) is 82.4 Å². The molecular weight excluding hydrogens is 359 g/mol. The SMILES string of the molecule is Cc1oc2c(c1C(=O)NC(C)c1ccco1)CN(Cc1ccc(F)cc1)CC2. The Bertz CT molecular complexity index is 961. The van der Waals surface area contributed by atoms with Gasteiger partial charge < -0.3 is 14.2 Å². The number of hydrogen-bond acceptors (Lipinski definition) is 4. The highest BCUT2D eigenvalue weighted by Crippen LogP contribution is 2.29. The maximum Gasteiger partial charge on any atom is 0.255 e. The van der Waals surface area contributed by atoms with Crippen molar-refractivity contribution in [3.63, 3.8) is 0 Å². The first-order valence-electron chi connectivity index (χ1n) is 9.43. The van der Waals surface area contributed by atoms with Gasteiger partial charge in [0.1, 0.15) is 23.1 Å². The van der Waals surface area contributed by atoms with Gasteiger partial charge in [-0.05, 0) is 43.7 Å². The van der Waals surface area contributed by atoms with E-state index in [-0.39, 0.29) is 17.8 Å². The van der Waals surface area contributed by atoms with E-state index in [2.05, 4.69) is 10.2 Å². The smallest absolute Gasteiger partial charge is 0.255 e. The van der Waals surface area contributed by atoms with Crippen LogP contribution in [0.1, 0.15) is 51.7 Å². The summed E-state index contributed by atoms with van der Waals surface area (Å²) in [5, 5.41) is 2.99. The maximum atomic E-state index is 13.1. The third kappa shape index (κ3) is 3.73. The molecule has 1 unspecified atom stereocenters. The van der Waals surface area contributed by atoms with Crippen molar-refractivity contribution in [3.8, 4) is 0 Å². The van der Waals surface area contributed by atoms with Gasteiger partial charge in [-0.2, -0.15) is 0 Å². The highest BCUT2D eigenvalue weighted by molar-refractivity contribution is 5.97. The van der Waals surface area contributed by atoms with Crippen molar-refractivity contribution in [2.45, 2.75) is 39.4 Å². The van der Waals surface area contributed by atoms with E-state index in [1.807, 2.05) is 19.9 Å². The lowest BCUT2D eigenvalue weighted by molar-refractivity contribution is 0.0931. The molecule has 1 aliphatic rings. The Hall–Kier alpha value is -2.86. The minimum absolute atomic E-state index is 0.157. The average molecular weight is 382 g/mol. The molecule has 4 rings (SSSR count). The van der Waals surface area contributed by atoms with Gasteiger partial charge >= 0.3 is 0 Å². The lowest BCUT2D eigenvalue weighted by Gasteiger charge is -2.26. The van der Waals surface area contributed by atoms with Gasteiger partial charge in [-0.1, -0.05) is 12.1 Å². The minimum Gasteiger partial charge on any atom is -0.467 e. The maximum absolute atomic E-state index is 13.1. The lowest BCUT2D eigenvalue weighted by atomic mass is 10.0. The third-order valence-electron chi connectivity index (χ3n) is 5.17. The van der Waals surface area contributed by atoms with Crippen molar-refractivity contribution in [2.24, 2.45) is 0 Å². The topological polar surface area (TPSA) is 58.6 Å². The molecule has 0 bridgehead atoms. The number of aryl methyl sites for hydroxylation is 1. The summed E-state index contributed by atoms with van der Waals surface area (Å²) < 4.78 is 24.4. The standard InChI is InChI=1S/C22H23FN2O3/c1-14(19-4-3-11-27-19)24-22(26)21-15(2)28-20-9-10-25(13-18(20)21)12-16-5-7-17(23)8-6-16/h3-8,11,14H,9-10,12-13H2,1-2H3,(H,24,26). The molecule has 0 radical (unpaired) electrons. The van der Waals surface area contributed by atoms with Gasteiger partial charge in [-0.25, -0.2) is 4.39 Å². The number of fused-ring (bicyclic) bond motifs is 1. The Morgan fingerprint density at radius 2 is 2.07 bits per heavy atom. The van der Waals surface area contributed by atoms with Crippen LogP contribution in [0, 0.1) is 12.7 Å². The molecular formula is C22H23FN2O3. The predicted octanol–water partition coefficient (Wildman–Crippen LogP) is 4.37. The van der Waals surface area contributed by atoms with Crippen LogP contribution in [0.5, 0.6) is 0 Å². The van der Waals surface area contributed by atoms with E-state index >= 15 is 0 Å². The molecule has 5 nitrogen and oxygen atoms in total. The van der Waals surface area contributed by atoms with Crippen molar-refractivity contribution < 1.29 is 18.0 Å². The third-order valence-corrected chi connectivity index (χ3v) is 5.17. The predicted molar refractivity (Wildman–Crippen MR) is 102 cm³/mol. The van der Waals surface area contributed by atoms with Crippen molar-refractivity contribution in [1.82, 2.24) is 10.2 Å². The molecule has 1 atom stereocenters. The monoisotopic (exact) mass is 382 g/mol. The van der Waals surface area contributed by atoms with Crippen LogP contribution in [-0.2, 0) is 19.5 Å². The van der Waals surface area contributed by atoms with E-state index in [0.717, 1.165) is 29.9 Å². The fourth-order valence-electron chi connectivity index (χ4n) is 3.74. The molecule has 2 aromatic heterocycles. The number of carbonyl (C=O) groups excluding carboxylic acids is 1. The van der Waals surface area contributed by atoms with Crippen molar-refractivity contribution in [2.75, 3.05) is 6.54 Å². The van der Waals surface area contributed by atoms with Crippen LogP contribution < -0.4 is 5.32 Å². The van der Waals surface area contributed by atoms with Crippen LogP contribution in [0.2, 0.25) is 0 Å². The van der Waals surface area contributed by atoms with E-state index in [0.29, 0.717) is 30.2 Å². The van der Waals surface area contributed by atoms with Crippen molar-refractivity contribution >= 4 is 5.91 Å². The summed E-state index contributed by atoms with van der Waals surface area (Å²) in [6, 6.07) is 9.95. The number of amides is 1. The first kappa shape index (κ1) is 18.5. The summed E-state index contributed by atoms with van der Waals surface area (Å²) in [7, 11) is 0. The summed E-state index contributed by atoms with van der Waals surface area (Å²) >= 11 is 0. The number of nitrogens with zero attached hydrogens (tertiary/aromatic N) is 1. The van der Waals surface area contributed by atoms with E-state index < -0.39 is 0 Å². The molecule has 1 aromatic carbocycles. The van der Waals surface area contributed by atoms with Gasteiger partial charge in [0.25, 0.3) is 5.91 Å². The van der Waals surface area contributed by atoms with Gasteiger partial charge in [0, 0.05) is 31.6 Å². The summed E-state index contributed by atoms with van der Waals surface area (Å²) in [5.41, 5.74) is 2.59. The van der Waals surface area contributed by atoms with Crippen molar-refractivity contribution in [1.29, 1.82) is 0 Å². The molecule has 0 saturated carbocycles. The first-order valence-corrected chi connectivity index (χ1v) is 9.43. The fraction of sp³-hybridized carbons (Fsp3) is 0.318. The Labute approximate surface area is 163 Å². The van der Waals surface area contributed by atoms with Crippen LogP contribution in [-0.4, -0.2) is 17.4 Å². The number of halogens is 1. The zero-order valence-electron chi connectivity index (χ0n) is 16.0. The van der Waals surface area contributed by atoms with Crippen LogP contribution >= 0.6 is 0 Å². The van der Waals surface area contributed by atoms with Crippen LogP contribution in [0.25, 0.3) is 0 Å². The molecule has 0 spiro atoms. The van der Waals surface area contributed by atoms with E-state index in [9.17, 15) is 9.18 Å². The Morgan fingerprint density at radius 1 is 1.29 bits per heavy atom. The number of rotatable bonds is 5. The van der Waals surface area contributed by atoms with Gasteiger partial charge in [-0.3, -0.25) is 9.69 Å². The number of benzene rings is 1. The molecule has 0 fully saturated rings. The molecule has 0 aliphatic carbocycles. The van der Waals surface area contributed by atoms with Gasteiger partial charge in [0.2, 0.25) is 0 Å². The second kappa shape index (κ2) is 7.64. The zero-order valence-corrected chi connectivity index (χ0v) is 16.0. The van der Waals surface area contributed by atoms with E-state index in [1.165, 1.54) is 12.1 Å². The van der Waals surface area contributed by atoms with Gasteiger partial charge in [0.05, 0.1) is 17.9 Å². The number of hydrogen-bond donors (Lipinski definition) is 1. The molecule has 1 amide bonds. The lowest BCUT2D eigenvalue weighted by Crippen LogP contribution is -2.32. The normalized spacial score (nSPS) is 15.2. The molecule has 1 N–H and O–H groups in total. The van der Waals surface area contributed by atoms with E-state index in [4.69, 9.17) is 8.83 Å². The Balaban J connectivity index is 1.51. The van der Waals surface area contributed by atoms with Crippen LogP contribution in [0.4, 0.5) is 4.39 Å². The second-order valence-corrected chi connectivity index (χ2v) is 7.23. The second-order valence-electron chi connectivity index (χ2n) is 7.23. The Kier molecular flexibility index (Phi) is 5.05. The number of nitrogens with one attached hydrogen (secondary N) is 1. The zero-order chi connectivity index (χ0) is 19.7. The van der Waals surface area contributed by atoms with Gasteiger partial charge in [0.15, 0.2) is 0 Å². The molecule has 28 heavy (non-hydrogen) atoms. The number of furan rings is 2. The number of carbonyl (C=O) groups is 1. The summed E-state index contributed by atoms with van der Waals surface area (Å²) in [6.07, 6.45) is 2.34. The fourth-order valence-corrected chi connectivity index (χ4v) is 3.74. The summed E-state index contributed by atoms with van der Waals surface area (Å²) in [6.45, 7) is 5.88. The van der Waals surface area contributed by atoms with Crippen LogP contribution in [0.3, 0.4) is 0 Å². The van der Waals surface area contributed by atoms with Crippen LogP contribution in [0.15, 0.2) is 51.5 Å². The van der Waals surface area contributed by atoms with Gasteiger partial charge in [-0.15, -0.1) is 0 Å². The molecule has 146 valence electrons. The molecule has 6 heteroatoms. The molecule has 3 heterocycles. The highest BCUT2D eigenvalue weighted by atomic mass is 19.1. The Morgan fingerprint density at radius 3 is 2.79 bits per heavy atom. The molecule has 3 aromatic rings. The average Bonchev–Trinajstić information content (AvgIpc) is 3.30. The largest absolute Gasteiger partial charge is 0.467 e. The highest BCUT2D eigenvalue weighted by Gasteiger charge is 2.29. The molecule has 1 aliphatic heterocycles. The molecule has 0 saturated heterocycles. The summed E-state index contributed by atoms with van der Waals surface area (Å²) in [4.78, 5) is 15.2. The first-order chi connectivity index (χ1) is 13.5. The summed E-state index contributed by atoms with van der Waals surface area (Å²) in [5.74, 6) is 1.83. The minimum atomic E-state index is -0.236. The quantitative estimate of drug-likeness (QED) is 0.712.